The maximum absolute atomic E-state index is 12.9. The monoisotopic (exact) mass is 346 g/mol. The van der Waals surface area contributed by atoms with Crippen molar-refractivity contribution in [3.8, 4) is 6.01 Å². The number of aromatic amines is 1. The maximum Gasteiger partial charge on any atom is 0.301 e. The van der Waals surface area contributed by atoms with E-state index in [2.05, 4.69) is 15.0 Å². The summed E-state index contributed by atoms with van der Waals surface area (Å²) in [7, 11) is 0. The molecule has 2 aliphatic rings. The molecule has 1 aliphatic carbocycles. The Morgan fingerprint density at radius 2 is 2.08 bits per heavy atom. The highest BCUT2D eigenvalue weighted by atomic mass is 16.6. The fourth-order valence-corrected chi connectivity index (χ4v) is 3.82. The number of nitrogens with one attached hydrogen (secondary N) is 1. The van der Waals surface area contributed by atoms with Crippen molar-refractivity contribution in [2.75, 3.05) is 13.2 Å². The summed E-state index contributed by atoms with van der Waals surface area (Å²) in [5.41, 5.74) is 0.895. The minimum atomic E-state index is -0.0877. The van der Waals surface area contributed by atoms with E-state index >= 15 is 0 Å². The average Bonchev–Trinajstić information content (AvgIpc) is 3.29. The molecule has 0 amide bonds. The van der Waals surface area contributed by atoms with Crippen LogP contribution in [-0.2, 0) is 11.3 Å². The van der Waals surface area contributed by atoms with Gasteiger partial charge in [-0.05, 0) is 19.3 Å². The maximum atomic E-state index is 12.9. The molecule has 0 bridgehead atoms. The predicted octanol–water partition coefficient (Wildman–Crippen LogP) is 2.75. The lowest BCUT2D eigenvalue weighted by Crippen LogP contribution is -2.27. The van der Waals surface area contributed by atoms with Gasteiger partial charge in [0.15, 0.2) is 11.2 Å². The van der Waals surface area contributed by atoms with E-state index in [-0.39, 0.29) is 11.7 Å². The number of H-pyrrole nitrogens is 1. The van der Waals surface area contributed by atoms with Crippen molar-refractivity contribution in [3.63, 3.8) is 0 Å². The number of hydrogen-bond donors (Lipinski definition) is 1. The number of rotatable bonds is 5. The first-order valence-corrected chi connectivity index (χ1v) is 9.51. The van der Waals surface area contributed by atoms with Crippen molar-refractivity contribution in [2.45, 2.75) is 70.4 Å². The molecule has 1 saturated heterocycles. The minimum absolute atomic E-state index is 0.0378. The van der Waals surface area contributed by atoms with Gasteiger partial charge < -0.3 is 14.5 Å². The Labute approximate surface area is 146 Å². The van der Waals surface area contributed by atoms with Gasteiger partial charge in [-0.3, -0.25) is 9.36 Å². The lowest BCUT2D eigenvalue weighted by atomic mass is 9.89. The highest BCUT2D eigenvalue weighted by Crippen LogP contribution is 2.31. The summed E-state index contributed by atoms with van der Waals surface area (Å²) in [6.45, 7) is 3.87. The number of ether oxygens (including phenoxy) is 2. The second-order valence-electron chi connectivity index (χ2n) is 7.11. The van der Waals surface area contributed by atoms with Gasteiger partial charge >= 0.3 is 6.01 Å². The second-order valence-corrected chi connectivity index (χ2v) is 7.11. The number of nitrogens with zero attached hydrogens (tertiary/aromatic N) is 3. The van der Waals surface area contributed by atoms with Crippen molar-refractivity contribution in [1.82, 2.24) is 19.5 Å². The van der Waals surface area contributed by atoms with Crippen molar-refractivity contribution in [3.05, 3.63) is 16.2 Å². The summed E-state index contributed by atoms with van der Waals surface area (Å²) in [5, 5.41) is 0. The first kappa shape index (κ1) is 16.6. The molecule has 1 N–H and O–H groups in total. The van der Waals surface area contributed by atoms with E-state index in [9.17, 15) is 4.79 Å². The van der Waals surface area contributed by atoms with Crippen LogP contribution < -0.4 is 10.3 Å². The zero-order valence-corrected chi connectivity index (χ0v) is 14.8. The van der Waals surface area contributed by atoms with Crippen LogP contribution in [0.5, 0.6) is 6.01 Å². The number of fused-ring (bicyclic) bond motifs is 1. The Morgan fingerprint density at radius 3 is 2.80 bits per heavy atom. The lowest BCUT2D eigenvalue weighted by molar-refractivity contribution is 0.129. The molecule has 7 heteroatoms. The zero-order chi connectivity index (χ0) is 17.2. The quantitative estimate of drug-likeness (QED) is 0.900. The molecule has 0 aromatic carbocycles. The molecule has 25 heavy (non-hydrogen) atoms. The Kier molecular flexibility index (Phi) is 4.74. The predicted molar refractivity (Wildman–Crippen MR) is 94.1 cm³/mol. The van der Waals surface area contributed by atoms with E-state index < -0.39 is 0 Å². The molecule has 2 fully saturated rings. The van der Waals surface area contributed by atoms with E-state index in [4.69, 9.17) is 9.47 Å². The van der Waals surface area contributed by atoms with Gasteiger partial charge in [-0.2, -0.15) is 4.98 Å². The third-order valence-corrected chi connectivity index (χ3v) is 5.19. The molecule has 2 aromatic rings. The van der Waals surface area contributed by atoms with Crippen LogP contribution in [0.4, 0.5) is 0 Å². The highest BCUT2D eigenvalue weighted by molar-refractivity contribution is 5.70. The third-order valence-electron chi connectivity index (χ3n) is 5.19. The summed E-state index contributed by atoms with van der Waals surface area (Å²) in [6, 6.07) is 0.372. The van der Waals surface area contributed by atoms with Crippen LogP contribution in [0, 0.1) is 0 Å². The van der Waals surface area contributed by atoms with Crippen molar-refractivity contribution in [1.29, 1.82) is 0 Å². The molecule has 7 nitrogen and oxygen atoms in total. The Hall–Kier alpha value is -1.89. The number of aromatic nitrogens is 4. The zero-order valence-electron chi connectivity index (χ0n) is 14.8. The standard InChI is InChI=1S/C18H26N4O3/c1-2-9-22-17(23)14-16(21-18(22)25-13-8-10-24-11-13)20-15(19-14)12-6-4-3-5-7-12/h12-13H,2-11H2,1H3,(H,19,20)/t13-/m0/s1. The Bertz CT molecular complexity index is 785. The minimum Gasteiger partial charge on any atom is -0.459 e. The van der Waals surface area contributed by atoms with Crippen molar-refractivity contribution < 1.29 is 9.47 Å². The molecule has 1 saturated carbocycles. The summed E-state index contributed by atoms with van der Waals surface area (Å²) >= 11 is 0. The molecule has 4 rings (SSSR count). The molecule has 0 spiro atoms. The van der Waals surface area contributed by atoms with Crippen molar-refractivity contribution in [2.24, 2.45) is 0 Å². The van der Waals surface area contributed by atoms with Crippen LogP contribution >= 0.6 is 0 Å². The normalized spacial score (nSPS) is 21.9. The van der Waals surface area contributed by atoms with Gasteiger partial charge in [-0.15, -0.1) is 0 Å². The smallest absolute Gasteiger partial charge is 0.301 e. The molecule has 136 valence electrons. The molecule has 0 radical (unpaired) electrons. The van der Waals surface area contributed by atoms with Crippen LogP contribution in [0.25, 0.3) is 11.2 Å². The molecule has 3 heterocycles. The van der Waals surface area contributed by atoms with Crippen LogP contribution in [0.2, 0.25) is 0 Å². The first-order valence-electron chi connectivity index (χ1n) is 9.51. The largest absolute Gasteiger partial charge is 0.459 e. The molecule has 1 atom stereocenters. The van der Waals surface area contributed by atoms with E-state index in [1.165, 1.54) is 19.3 Å². The van der Waals surface area contributed by atoms with Crippen LogP contribution in [0.15, 0.2) is 4.79 Å². The summed E-state index contributed by atoms with van der Waals surface area (Å²) in [5.74, 6) is 1.32. The fourth-order valence-electron chi connectivity index (χ4n) is 3.82. The van der Waals surface area contributed by atoms with E-state index in [1.807, 2.05) is 6.92 Å². The van der Waals surface area contributed by atoms with Gasteiger partial charge in [-0.1, -0.05) is 26.2 Å². The molecule has 2 aromatic heterocycles. The molecule has 0 unspecified atom stereocenters. The van der Waals surface area contributed by atoms with Gasteiger partial charge in [0.05, 0.1) is 13.2 Å². The van der Waals surface area contributed by atoms with Gasteiger partial charge in [-0.25, -0.2) is 4.98 Å². The second kappa shape index (κ2) is 7.15. The first-order chi connectivity index (χ1) is 12.3. The van der Waals surface area contributed by atoms with Crippen LogP contribution in [0.3, 0.4) is 0 Å². The number of imidazole rings is 1. The van der Waals surface area contributed by atoms with Gasteiger partial charge in [0, 0.05) is 18.9 Å². The van der Waals surface area contributed by atoms with Gasteiger partial charge in [0.1, 0.15) is 11.9 Å². The molecular formula is C18H26N4O3. The molecule has 1 aliphatic heterocycles. The van der Waals surface area contributed by atoms with Crippen LogP contribution in [-0.4, -0.2) is 38.8 Å². The summed E-state index contributed by atoms with van der Waals surface area (Å²) in [4.78, 5) is 25.4. The van der Waals surface area contributed by atoms with Crippen LogP contribution in [0.1, 0.15) is 63.6 Å². The van der Waals surface area contributed by atoms with E-state index in [0.29, 0.717) is 42.9 Å². The fraction of sp³-hybridized carbons (Fsp3) is 0.722. The summed E-state index contributed by atoms with van der Waals surface area (Å²) in [6.07, 6.45) is 7.64. The lowest BCUT2D eigenvalue weighted by Gasteiger charge is -2.18. The highest BCUT2D eigenvalue weighted by Gasteiger charge is 2.24. The Morgan fingerprint density at radius 1 is 1.24 bits per heavy atom. The van der Waals surface area contributed by atoms with Crippen molar-refractivity contribution >= 4 is 11.2 Å². The van der Waals surface area contributed by atoms with E-state index in [0.717, 1.165) is 31.5 Å². The third kappa shape index (κ3) is 3.29. The topological polar surface area (TPSA) is 82.0 Å². The van der Waals surface area contributed by atoms with Gasteiger partial charge in [0.25, 0.3) is 5.56 Å². The Balaban J connectivity index is 1.72. The average molecular weight is 346 g/mol. The molecular weight excluding hydrogens is 320 g/mol. The van der Waals surface area contributed by atoms with Gasteiger partial charge in [0.2, 0.25) is 0 Å². The van der Waals surface area contributed by atoms with E-state index in [1.54, 1.807) is 4.57 Å². The summed E-state index contributed by atoms with van der Waals surface area (Å²) < 4.78 is 13.0. The number of hydrogen-bond acceptors (Lipinski definition) is 5. The SMILES string of the molecule is CCCn1c(O[C@H]2CCOC2)nc2nc(C3CCCCC3)[nH]c2c1=O.